The molecule has 0 spiro atoms. The molecule has 2 heteroatoms. The van der Waals surface area contributed by atoms with Crippen molar-refractivity contribution in [3.63, 3.8) is 0 Å². The van der Waals surface area contributed by atoms with Gasteiger partial charge < -0.3 is 10.2 Å². The van der Waals surface area contributed by atoms with E-state index in [1.165, 1.54) is 71.1 Å². The van der Waals surface area contributed by atoms with Gasteiger partial charge in [-0.3, -0.25) is 0 Å². The Balaban J connectivity index is 1.91. The van der Waals surface area contributed by atoms with E-state index < -0.39 is 0 Å². The fourth-order valence-electron chi connectivity index (χ4n) is 3.72. The van der Waals surface area contributed by atoms with Crippen molar-refractivity contribution in [1.82, 2.24) is 10.2 Å². The van der Waals surface area contributed by atoms with Crippen LogP contribution in [0, 0.1) is 5.41 Å². The van der Waals surface area contributed by atoms with Crippen molar-refractivity contribution in [2.45, 2.75) is 64.8 Å². The maximum Gasteiger partial charge on any atom is 0.0192 e. The summed E-state index contributed by atoms with van der Waals surface area (Å²) in [5.41, 5.74) is 0.669. The van der Waals surface area contributed by atoms with Crippen molar-refractivity contribution in [1.29, 1.82) is 0 Å². The molecule has 0 amide bonds. The lowest BCUT2D eigenvalue weighted by Crippen LogP contribution is -2.42. The Morgan fingerprint density at radius 2 is 1.94 bits per heavy atom. The lowest BCUT2D eigenvalue weighted by Gasteiger charge is -2.35. The number of nitrogens with one attached hydrogen (secondary N) is 1. The highest BCUT2D eigenvalue weighted by atomic mass is 15.2. The van der Waals surface area contributed by atoms with Crippen molar-refractivity contribution in [2.24, 2.45) is 5.41 Å². The molecule has 2 rings (SSSR count). The average Bonchev–Trinajstić information content (AvgIpc) is 2.69. The molecule has 0 radical (unpaired) electrons. The van der Waals surface area contributed by atoms with E-state index in [1.54, 1.807) is 0 Å². The molecule has 0 aromatic rings. The van der Waals surface area contributed by atoms with Gasteiger partial charge in [0.25, 0.3) is 0 Å². The lowest BCUT2D eigenvalue weighted by molar-refractivity contribution is 0.144. The monoisotopic (exact) mass is 238 g/mol. The molecule has 1 N–H and O–H groups in total. The Bertz CT molecular complexity index is 221. The summed E-state index contributed by atoms with van der Waals surface area (Å²) in [7, 11) is 0. The predicted molar refractivity (Wildman–Crippen MR) is 74.3 cm³/mol. The Morgan fingerprint density at radius 3 is 2.59 bits per heavy atom. The lowest BCUT2D eigenvalue weighted by atomic mass is 9.82. The van der Waals surface area contributed by atoms with E-state index in [-0.39, 0.29) is 0 Å². The van der Waals surface area contributed by atoms with Gasteiger partial charge >= 0.3 is 0 Å². The largest absolute Gasteiger partial charge is 0.313 e. The standard InChI is InChI=1S/C15H30N2/c1-3-14-12-17(11-7-10-16-14)13-15(4-2)8-5-6-9-15/h14,16H,3-13H2,1-2H3. The minimum absolute atomic E-state index is 0.669. The van der Waals surface area contributed by atoms with Crippen molar-refractivity contribution in [3.05, 3.63) is 0 Å². The van der Waals surface area contributed by atoms with E-state index in [4.69, 9.17) is 0 Å². The van der Waals surface area contributed by atoms with Gasteiger partial charge in [-0.1, -0.05) is 26.7 Å². The van der Waals surface area contributed by atoms with Gasteiger partial charge in [-0.25, -0.2) is 0 Å². The van der Waals surface area contributed by atoms with E-state index in [0.717, 1.165) is 6.04 Å². The molecule has 1 atom stereocenters. The Morgan fingerprint density at radius 1 is 1.18 bits per heavy atom. The van der Waals surface area contributed by atoms with Crippen LogP contribution >= 0.6 is 0 Å². The molecule has 17 heavy (non-hydrogen) atoms. The van der Waals surface area contributed by atoms with Crippen LogP contribution in [0.1, 0.15) is 58.8 Å². The first-order valence-electron chi connectivity index (χ1n) is 7.74. The fourth-order valence-corrected chi connectivity index (χ4v) is 3.72. The molecule has 2 aliphatic rings. The van der Waals surface area contributed by atoms with Gasteiger partial charge in [-0.15, -0.1) is 0 Å². The zero-order chi connectivity index (χ0) is 12.1. The third-order valence-electron chi connectivity index (χ3n) is 5.03. The summed E-state index contributed by atoms with van der Waals surface area (Å²) in [5, 5.41) is 3.68. The zero-order valence-electron chi connectivity index (χ0n) is 11.8. The van der Waals surface area contributed by atoms with Gasteiger partial charge in [-0.05, 0) is 50.6 Å². The van der Waals surface area contributed by atoms with E-state index >= 15 is 0 Å². The summed E-state index contributed by atoms with van der Waals surface area (Å²) >= 11 is 0. The van der Waals surface area contributed by atoms with Gasteiger partial charge in [0.05, 0.1) is 0 Å². The first kappa shape index (κ1) is 13.4. The molecule has 1 saturated carbocycles. The first-order valence-corrected chi connectivity index (χ1v) is 7.74. The van der Waals surface area contributed by atoms with Crippen LogP contribution in [0.4, 0.5) is 0 Å². The second-order valence-corrected chi connectivity index (χ2v) is 6.21. The van der Waals surface area contributed by atoms with Gasteiger partial charge in [-0.2, -0.15) is 0 Å². The molecule has 100 valence electrons. The van der Waals surface area contributed by atoms with Crippen LogP contribution in [-0.2, 0) is 0 Å². The highest BCUT2D eigenvalue weighted by molar-refractivity contribution is 4.88. The molecule has 0 aromatic heterocycles. The van der Waals surface area contributed by atoms with Crippen LogP contribution in [0.15, 0.2) is 0 Å². The Hall–Kier alpha value is -0.0800. The average molecular weight is 238 g/mol. The quantitative estimate of drug-likeness (QED) is 0.810. The third kappa shape index (κ3) is 3.45. The molecule has 1 aliphatic heterocycles. The zero-order valence-corrected chi connectivity index (χ0v) is 11.8. The van der Waals surface area contributed by atoms with Crippen LogP contribution in [0.25, 0.3) is 0 Å². The van der Waals surface area contributed by atoms with E-state index in [0.29, 0.717) is 5.41 Å². The molecule has 2 nitrogen and oxygen atoms in total. The Labute approximate surface area is 107 Å². The molecule has 1 aliphatic carbocycles. The summed E-state index contributed by atoms with van der Waals surface area (Å²) in [6.45, 7) is 9.88. The summed E-state index contributed by atoms with van der Waals surface area (Å²) < 4.78 is 0. The van der Waals surface area contributed by atoms with Crippen molar-refractivity contribution in [2.75, 3.05) is 26.2 Å². The maximum absolute atomic E-state index is 3.68. The second kappa shape index (κ2) is 6.19. The van der Waals surface area contributed by atoms with Gasteiger partial charge in [0.2, 0.25) is 0 Å². The van der Waals surface area contributed by atoms with Crippen LogP contribution < -0.4 is 5.32 Å². The molecule has 2 fully saturated rings. The SMILES string of the molecule is CCC1CN(CC2(CC)CCCC2)CCCN1. The van der Waals surface area contributed by atoms with Crippen LogP contribution in [0.3, 0.4) is 0 Å². The van der Waals surface area contributed by atoms with Crippen LogP contribution in [0.2, 0.25) is 0 Å². The van der Waals surface area contributed by atoms with Crippen LogP contribution in [-0.4, -0.2) is 37.1 Å². The molecule has 1 unspecified atom stereocenters. The highest BCUT2D eigenvalue weighted by Crippen LogP contribution is 2.41. The number of hydrogen-bond donors (Lipinski definition) is 1. The van der Waals surface area contributed by atoms with Crippen molar-refractivity contribution < 1.29 is 0 Å². The third-order valence-corrected chi connectivity index (χ3v) is 5.03. The normalized spacial score (nSPS) is 30.4. The summed E-state index contributed by atoms with van der Waals surface area (Å²) in [4.78, 5) is 2.75. The number of rotatable bonds is 4. The Kier molecular flexibility index (Phi) is 4.87. The van der Waals surface area contributed by atoms with E-state index in [1.807, 2.05) is 0 Å². The van der Waals surface area contributed by atoms with Crippen molar-refractivity contribution >= 4 is 0 Å². The first-order chi connectivity index (χ1) is 8.28. The molecular weight excluding hydrogens is 208 g/mol. The second-order valence-electron chi connectivity index (χ2n) is 6.21. The summed E-state index contributed by atoms with van der Waals surface area (Å²) in [6, 6.07) is 0.729. The summed E-state index contributed by atoms with van der Waals surface area (Å²) in [5.74, 6) is 0. The van der Waals surface area contributed by atoms with Gasteiger partial charge in [0.15, 0.2) is 0 Å². The topological polar surface area (TPSA) is 15.3 Å². The molecule has 1 saturated heterocycles. The molecule has 0 bridgehead atoms. The van der Waals surface area contributed by atoms with E-state index in [9.17, 15) is 0 Å². The minimum atomic E-state index is 0.669. The predicted octanol–water partition coefficient (Wildman–Crippen LogP) is 3.03. The van der Waals surface area contributed by atoms with Gasteiger partial charge in [0.1, 0.15) is 0 Å². The molecular formula is C15H30N2. The number of hydrogen-bond acceptors (Lipinski definition) is 2. The van der Waals surface area contributed by atoms with Crippen LogP contribution in [0.5, 0.6) is 0 Å². The smallest absolute Gasteiger partial charge is 0.0192 e. The van der Waals surface area contributed by atoms with E-state index in [2.05, 4.69) is 24.1 Å². The van der Waals surface area contributed by atoms with Crippen molar-refractivity contribution in [3.8, 4) is 0 Å². The van der Waals surface area contributed by atoms with Gasteiger partial charge in [0, 0.05) is 19.1 Å². The highest BCUT2D eigenvalue weighted by Gasteiger charge is 2.34. The maximum atomic E-state index is 3.68. The number of nitrogens with zero attached hydrogens (tertiary/aromatic N) is 1. The minimum Gasteiger partial charge on any atom is -0.313 e. The fraction of sp³-hybridized carbons (Fsp3) is 1.00. The molecule has 0 aromatic carbocycles. The molecule has 1 heterocycles. The summed E-state index contributed by atoms with van der Waals surface area (Å²) in [6.07, 6.45) is 9.88.